The minimum absolute atomic E-state index is 0.134. The molecule has 0 aliphatic heterocycles. The van der Waals surface area contributed by atoms with Crippen LogP contribution in [0.5, 0.6) is 5.75 Å². The van der Waals surface area contributed by atoms with Crippen molar-refractivity contribution in [2.24, 2.45) is 0 Å². The summed E-state index contributed by atoms with van der Waals surface area (Å²) in [6.07, 6.45) is 0.950. The summed E-state index contributed by atoms with van der Waals surface area (Å²) < 4.78 is 32.8. The Morgan fingerprint density at radius 1 is 1.16 bits per heavy atom. The number of benzene rings is 2. The predicted molar refractivity (Wildman–Crippen MR) is 97.9 cm³/mol. The van der Waals surface area contributed by atoms with E-state index in [4.69, 9.17) is 16.3 Å². The van der Waals surface area contributed by atoms with Crippen molar-refractivity contribution in [2.75, 3.05) is 12.5 Å². The second-order valence-electron chi connectivity index (χ2n) is 5.70. The van der Waals surface area contributed by atoms with Crippen molar-refractivity contribution in [3.05, 3.63) is 60.3 Å². The van der Waals surface area contributed by atoms with Crippen LogP contribution in [0.2, 0.25) is 0 Å². The molecule has 0 spiro atoms. The number of nitrogens with zero attached hydrogens (tertiary/aromatic N) is 1. The Kier molecular flexibility index (Phi) is 5.03. The van der Waals surface area contributed by atoms with Crippen molar-refractivity contribution in [3.8, 4) is 5.75 Å². The lowest BCUT2D eigenvalue weighted by atomic mass is 10.2. The molecule has 0 aliphatic carbocycles. The number of fused-ring (bicyclic) bond motifs is 1. The largest absolute Gasteiger partial charge is 0.486 e. The molecule has 1 N–H and O–H groups in total. The predicted octanol–water partition coefficient (Wildman–Crippen LogP) is 3.17. The molecule has 1 aromatic heterocycles. The molecule has 0 aliphatic rings. The number of alkyl halides is 1. The monoisotopic (exact) mass is 379 g/mol. The Bertz CT molecular complexity index is 976. The highest BCUT2D eigenvalue weighted by Gasteiger charge is 2.20. The minimum Gasteiger partial charge on any atom is -0.486 e. The lowest BCUT2D eigenvalue weighted by Gasteiger charge is -2.15. The molecule has 1 heterocycles. The molecule has 2 aromatic carbocycles. The Balaban J connectivity index is 2.08. The zero-order chi connectivity index (χ0) is 18.0. The van der Waals surface area contributed by atoms with E-state index in [1.54, 1.807) is 48.5 Å². The zero-order valence-corrected chi connectivity index (χ0v) is 15.2. The number of aliphatic hydroxyl groups excluding tert-OH is 1. The van der Waals surface area contributed by atoms with Gasteiger partial charge in [0.1, 0.15) is 11.9 Å². The van der Waals surface area contributed by atoms with E-state index in [2.05, 4.69) is 0 Å². The highest BCUT2D eigenvalue weighted by atomic mass is 35.5. The van der Waals surface area contributed by atoms with Gasteiger partial charge in [-0.2, -0.15) is 0 Å². The van der Waals surface area contributed by atoms with Gasteiger partial charge in [-0.05, 0) is 37.3 Å². The van der Waals surface area contributed by atoms with Crippen molar-refractivity contribution < 1.29 is 18.3 Å². The fraction of sp³-hybridized carbons (Fsp3) is 0.222. The van der Waals surface area contributed by atoms with Gasteiger partial charge < -0.3 is 9.84 Å². The van der Waals surface area contributed by atoms with Crippen LogP contribution in [0.1, 0.15) is 5.56 Å². The van der Waals surface area contributed by atoms with E-state index in [0.717, 1.165) is 5.56 Å². The molecule has 3 aromatic rings. The van der Waals surface area contributed by atoms with Gasteiger partial charge >= 0.3 is 0 Å². The summed E-state index contributed by atoms with van der Waals surface area (Å²) in [6, 6.07) is 13.5. The van der Waals surface area contributed by atoms with Gasteiger partial charge in [0.05, 0.1) is 22.9 Å². The molecular formula is C18H18ClNO4S. The fourth-order valence-electron chi connectivity index (χ4n) is 2.55. The molecule has 7 heteroatoms. The molecule has 0 amide bonds. The maximum absolute atomic E-state index is 12.9. The number of halogens is 1. The van der Waals surface area contributed by atoms with Crippen LogP contribution in [0.15, 0.2) is 59.6 Å². The first kappa shape index (κ1) is 17.8. The zero-order valence-electron chi connectivity index (χ0n) is 13.6. The third-order valence-corrected chi connectivity index (χ3v) is 5.95. The normalized spacial score (nSPS) is 13.1. The Morgan fingerprint density at radius 3 is 2.52 bits per heavy atom. The molecule has 5 nitrogen and oxygen atoms in total. The van der Waals surface area contributed by atoms with Crippen molar-refractivity contribution in [1.29, 1.82) is 0 Å². The summed E-state index contributed by atoms with van der Waals surface area (Å²) in [7, 11) is -3.71. The first-order valence-electron chi connectivity index (χ1n) is 7.73. The number of aliphatic hydroxyl groups is 1. The van der Waals surface area contributed by atoms with Crippen LogP contribution in [0.3, 0.4) is 0 Å². The number of hydrogen-bond donors (Lipinski definition) is 1. The summed E-state index contributed by atoms with van der Waals surface area (Å²) in [5.41, 5.74) is 1.49. The second kappa shape index (κ2) is 7.07. The molecule has 3 rings (SSSR count). The Morgan fingerprint density at radius 2 is 1.88 bits per heavy atom. The SMILES string of the molecule is Cc1ccc(S(=O)(=O)n2ccc3c(OC(CO)CCl)cccc32)cc1. The molecule has 0 fully saturated rings. The summed E-state index contributed by atoms with van der Waals surface area (Å²) in [5, 5.41) is 9.89. The summed E-state index contributed by atoms with van der Waals surface area (Å²) in [5.74, 6) is 0.616. The number of rotatable bonds is 6. The number of hydrogen-bond acceptors (Lipinski definition) is 4. The van der Waals surface area contributed by atoms with Gasteiger partial charge in [-0.1, -0.05) is 23.8 Å². The molecule has 0 bridgehead atoms. The van der Waals surface area contributed by atoms with E-state index in [9.17, 15) is 13.5 Å². The van der Waals surface area contributed by atoms with Gasteiger partial charge in [0.15, 0.2) is 0 Å². The van der Waals surface area contributed by atoms with E-state index < -0.39 is 16.1 Å². The Labute approximate surface area is 151 Å². The minimum atomic E-state index is -3.71. The quantitative estimate of drug-likeness (QED) is 0.668. The maximum atomic E-state index is 12.9. The van der Waals surface area contributed by atoms with Crippen molar-refractivity contribution in [2.45, 2.75) is 17.9 Å². The van der Waals surface area contributed by atoms with Crippen LogP contribution < -0.4 is 4.74 Å². The Hall–Kier alpha value is -2.02. The summed E-state index contributed by atoms with van der Waals surface area (Å²) in [4.78, 5) is 0.218. The third kappa shape index (κ3) is 3.38. The standard InChI is InChI=1S/C18H18ClNO4S/c1-13-5-7-15(8-6-13)25(22,23)20-10-9-16-17(20)3-2-4-18(16)24-14(11-19)12-21/h2-10,14,21H,11-12H2,1H3. The fourth-order valence-corrected chi connectivity index (χ4v) is 4.05. The first-order valence-corrected chi connectivity index (χ1v) is 9.70. The molecule has 132 valence electrons. The van der Waals surface area contributed by atoms with E-state index >= 15 is 0 Å². The van der Waals surface area contributed by atoms with Gasteiger partial charge in [-0.25, -0.2) is 12.4 Å². The van der Waals surface area contributed by atoms with E-state index in [1.807, 2.05) is 6.92 Å². The van der Waals surface area contributed by atoms with Gasteiger partial charge in [0.2, 0.25) is 0 Å². The van der Waals surface area contributed by atoms with Crippen molar-refractivity contribution in [3.63, 3.8) is 0 Å². The molecule has 0 radical (unpaired) electrons. The van der Waals surface area contributed by atoms with Crippen LogP contribution in [-0.4, -0.2) is 36.1 Å². The smallest absolute Gasteiger partial charge is 0.268 e. The van der Waals surface area contributed by atoms with Gasteiger partial charge in [0, 0.05) is 11.6 Å². The summed E-state index contributed by atoms with van der Waals surface area (Å²) >= 11 is 5.75. The highest BCUT2D eigenvalue weighted by Crippen LogP contribution is 2.30. The molecule has 1 unspecified atom stereocenters. The molecule has 1 atom stereocenters. The first-order chi connectivity index (χ1) is 12.0. The van der Waals surface area contributed by atoms with Crippen LogP contribution in [-0.2, 0) is 10.0 Å². The highest BCUT2D eigenvalue weighted by molar-refractivity contribution is 7.90. The second-order valence-corrected chi connectivity index (χ2v) is 7.82. The third-order valence-electron chi connectivity index (χ3n) is 3.90. The summed E-state index contributed by atoms with van der Waals surface area (Å²) in [6.45, 7) is 1.68. The van der Waals surface area contributed by atoms with Crippen molar-refractivity contribution in [1.82, 2.24) is 3.97 Å². The molecular weight excluding hydrogens is 362 g/mol. The maximum Gasteiger partial charge on any atom is 0.268 e. The average Bonchev–Trinajstić information content (AvgIpc) is 3.05. The van der Waals surface area contributed by atoms with Gasteiger partial charge in [0.25, 0.3) is 10.0 Å². The number of ether oxygens (including phenoxy) is 1. The number of aryl methyl sites for hydroxylation is 1. The van der Waals surface area contributed by atoms with Crippen molar-refractivity contribution >= 4 is 32.5 Å². The molecule has 25 heavy (non-hydrogen) atoms. The van der Waals surface area contributed by atoms with Crippen LogP contribution in [0, 0.1) is 6.92 Å². The lowest BCUT2D eigenvalue weighted by molar-refractivity contribution is 0.133. The average molecular weight is 380 g/mol. The van der Waals surface area contributed by atoms with E-state index in [-0.39, 0.29) is 17.4 Å². The van der Waals surface area contributed by atoms with Crippen LogP contribution in [0.25, 0.3) is 10.9 Å². The van der Waals surface area contributed by atoms with Gasteiger partial charge in [-0.15, -0.1) is 11.6 Å². The topological polar surface area (TPSA) is 68.5 Å². The number of aromatic nitrogens is 1. The van der Waals surface area contributed by atoms with E-state index in [1.165, 1.54) is 10.2 Å². The molecule has 0 saturated heterocycles. The van der Waals surface area contributed by atoms with Gasteiger partial charge in [-0.3, -0.25) is 0 Å². The van der Waals surface area contributed by atoms with E-state index in [0.29, 0.717) is 16.7 Å². The van der Waals surface area contributed by atoms with Crippen LogP contribution in [0.4, 0.5) is 0 Å². The molecule has 0 saturated carbocycles. The lowest BCUT2D eigenvalue weighted by Crippen LogP contribution is -2.22. The van der Waals surface area contributed by atoms with Crippen LogP contribution >= 0.6 is 11.6 Å².